The minimum absolute atomic E-state index is 0.453. The number of aromatic nitrogens is 1. The predicted octanol–water partition coefficient (Wildman–Crippen LogP) is 1.45. The minimum Gasteiger partial charge on any atom is -0.408 e. The van der Waals surface area contributed by atoms with Gasteiger partial charge in [0.1, 0.15) is 0 Å². The van der Waals surface area contributed by atoms with E-state index < -0.39 is 5.76 Å². The molecule has 12 heavy (non-hydrogen) atoms. The lowest BCUT2D eigenvalue weighted by molar-refractivity contribution is 0.555. The molecule has 2 rings (SSSR count). The summed E-state index contributed by atoms with van der Waals surface area (Å²) in [5.41, 5.74) is 1.86. The summed E-state index contributed by atoms with van der Waals surface area (Å²) >= 11 is 0. The van der Waals surface area contributed by atoms with Crippen molar-refractivity contribution in [3.63, 3.8) is 0 Å². The molecule has 0 spiro atoms. The van der Waals surface area contributed by atoms with E-state index in [-0.39, 0.29) is 0 Å². The molecule has 0 aliphatic rings. The Morgan fingerprint density at radius 3 is 3.08 bits per heavy atom. The quantitative estimate of drug-likeness (QED) is 0.645. The van der Waals surface area contributed by atoms with Crippen LogP contribution >= 0.6 is 0 Å². The van der Waals surface area contributed by atoms with Crippen LogP contribution in [0.2, 0.25) is 0 Å². The number of hydrogen-bond acceptors (Lipinski definition) is 3. The summed E-state index contributed by atoms with van der Waals surface area (Å²) in [6.45, 7) is 3.36. The van der Waals surface area contributed by atoms with E-state index >= 15 is 0 Å². The smallest absolute Gasteiger partial charge is 0.408 e. The van der Waals surface area contributed by atoms with Crippen LogP contribution in [0.15, 0.2) is 32.4 Å². The molecule has 60 valence electrons. The fourth-order valence-corrected chi connectivity index (χ4v) is 1.03. The van der Waals surface area contributed by atoms with Gasteiger partial charge in [0.2, 0.25) is 0 Å². The Morgan fingerprint density at radius 1 is 1.50 bits per heavy atom. The Balaban J connectivity index is 2.82. The molecule has 0 saturated carbocycles. The van der Waals surface area contributed by atoms with Crippen LogP contribution in [0.5, 0.6) is 0 Å². The van der Waals surface area contributed by atoms with Gasteiger partial charge in [-0.2, -0.15) is 0 Å². The first kappa shape index (κ1) is 6.84. The van der Waals surface area contributed by atoms with Gasteiger partial charge in [0.05, 0.1) is 11.2 Å². The number of aliphatic imine (C=N–C) groups is 1. The molecule has 0 aliphatic heterocycles. The van der Waals surface area contributed by atoms with Crippen LogP contribution in [-0.2, 0) is 0 Å². The van der Waals surface area contributed by atoms with Gasteiger partial charge in [0, 0.05) is 6.07 Å². The third-order valence-electron chi connectivity index (χ3n) is 1.59. The monoisotopic (exact) mass is 162 g/mol. The molecule has 0 aliphatic carbocycles. The maximum Gasteiger partial charge on any atom is 0.417 e. The van der Waals surface area contributed by atoms with Crippen LogP contribution in [0.25, 0.3) is 11.1 Å². The lowest BCUT2D eigenvalue weighted by Gasteiger charge is -1.89. The summed E-state index contributed by atoms with van der Waals surface area (Å²) in [5, 5.41) is 0. The van der Waals surface area contributed by atoms with Gasteiger partial charge in [-0.1, -0.05) is 0 Å². The highest BCUT2D eigenvalue weighted by Gasteiger charge is 1.99. The number of rotatable bonds is 1. The number of benzene rings is 1. The van der Waals surface area contributed by atoms with E-state index in [1.807, 2.05) is 0 Å². The Hall–Kier alpha value is -1.84. The molecule has 0 unspecified atom stereocenters. The summed E-state index contributed by atoms with van der Waals surface area (Å²) in [7, 11) is 0. The van der Waals surface area contributed by atoms with Crippen LogP contribution in [0.3, 0.4) is 0 Å². The topological polar surface area (TPSA) is 58.4 Å². The average Bonchev–Trinajstić information content (AvgIpc) is 2.43. The van der Waals surface area contributed by atoms with Crippen molar-refractivity contribution in [3.8, 4) is 0 Å². The molecule has 1 aromatic heterocycles. The van der Waals surface area contributed by atoms with Crippen molar-refractivity contribution < 1.29 is 4.42 Å². The van der Waals surface area contributed by atoms with Crippen molar-refractivity contribution in [2.45, 2.75) is 0 Å². The van der Waals surface area contributed by atoms with Crippen LogP contribution in [0.1, 0.15) is 0 Å². The summed E-state index contributed by atoms with van der Waals surface area (Å²) in [4.78, 5) is 16.9. The van der Waals surface area contributed by atoms with Crippen LogP contribution in [0, 0.1) is 0 Å². The molecule has 0 fully saturated rings. The predicted molar refractivity (Wildman–Crippen MR) is 46.0 cm³/mol. The number of oxazole rings is 1. The molecular formula is C8H6N2O2. The molecule has 1 heterocycles. The highest BCUT2D eigenvalue weighted by atomic mass is 16.4. The second-order valence-corrected chi connectivity index (χ2v) is 2.35. The lowest BCUT2D eigenvalue weighted by atomic mass is 10.3. The van der Waals surface area contributed by atoms with E-state index in [1.54, 1.807) is 18.2 Å². The Labute approximate surface area is 67.5 Å². The van der Waals surface area contributed by atoms with E-state index in [1.165, 1.54) is 0 Å². The highest BCUT2D eigenvalue weighted by molar-refractivity contribution is 5.76. The first-order valence-corrected chi connectivity index (χ1v) is 3.39. The molecular weight excluding hydrogens is 156 g/mol. The van der Waals surface area contributed by atoms with Gasteiger partial charge in [0.15, 0.2) is 5.58 Å². The second-order valence-electron chi connectivity index (χ2n) is 2.35. The third kappa shape index (κ3) is 0.934. The second kappa shape index (κ2) is 2.34. The molecule has 0 saturated heterocycles. The zero-order chi connectivity index (χ0) is 8.55. The molecule has 1 N–H and O–H groups in total. The normalized spacial score (nSPS) is 10.3. The van der Waals surface area contributed by atoms with Gasteiger partial charge in [-0.15, -0.1) is 0 Å². The van der Waals surface area contributed by atoms with E-state index in [2.05, 4.69) is 16.7 Å². The Bertz CT molecular complexity index is 481. The van der Waals surface area contributed by atoms with Gasteiger partial charge in [0.25, 0.3) is 0 Å². The summed E-state index contributed by atoms with van der Waals surface area (Å²) in [6, 6.07) is 5.13. The van der Waals surface area contributed by atoms with Crippen LogP contribution in [0.4, 0.5) is 5.69 Å². The Morgan fingerprint density at radius 2 is 2.33 bits per heavy atom. The highest BCUT2D eigenvalue weighted by Crippen LogP contribution is 2.17. The van der Waals surface area contributed by atoms with Crippen molar-refractivity contribution in [1.82, 2.24) is 4.98 Å². The molecule has 1 aromatic carbocycles. The van der Waals surface area contributed by atoms with Crippen molar-refractivity contribution in [2.24, 2.45) is 4.99 Å². The molecule has 0 atom stereocenters. The maximum atomic E-state index is 10.7. The number of nitrogens with zero attached hydrogens (tertiary/aromatic N) is 1. The lowest BCUT2D eigenvalue weighted by Crippen LogP contribution is -1.92. The van der Waals surface area contributed by atoms with Crippen LogP contribution in [-0.4, -0.2) is 11.7 Å². The van der Waals surface area contributed by atoms with Crippen molar-refractivity contribution in [1.29, 1.82) is 0 Å². The number of aromatic amines is 1. The Kier molecular flexibility index (Phi) is 1.33. The molecule has 0 amide bonds. The summed E-state index contributed by atoms with van der Waals surface area (Å²) < 4.78 is 4.81. The molecule has 0 bridgehead atoms. The summed E-state index contributed by atoms with van der Waals surface area (Å²) in [6.07, 6.45) is 0. The first-order valence-electron chi connectivity index (χ1n) is 3.39. The van der Waals surface area contributed by atoms with Gasteiger partial charge in [-0.3, -0.25) is 9.98 Å². The molecule has 2 aromatic rings. The largest absolute Gasteiger partial charge is 0.417 e. The number of fused-ring (bicyclic) bond motifs is 1. The van der Waals surface area contributed by atoms with E-state index in [4.69, 9.17) is 4.42 Å². The van der Waals surface area contributed by atoms with Gasteiger partial charge >= 0.3 is 5.76 Å². The van der Waals surface area contributed by atoms with E-state index in [9.17, 15) is 4.79 Å². The number of H-pyrrole nitrogens is 1. The fourth-order valence-electron chi connectivity index (χ4n) is 1.03. The van der Waals surface area contributed by atoms with Crippen molar-refractivity contribution in [2.75, 3.05) is 0 Å². The fraction of sp³-hybridized carbons (Fsp3) is 0. The molecule has 4 nitrogen and oxygen atoms in total. The maximum absolute atomic E-state index is 10.7. The standard InChI is InChI=1S/C8H6N2O2/c1-9-5-2-3-6-7(4-5)12-8(11)10-6/h2-4H,1H2,(H,10,11). The van der Waals surface area contributed by atoms with E-state index in [0.29, 0.717) is 16.8 Å². The SMILES string of the molecule is C=Nc1ccc2[nH]c(=O)oc2c1. The zero-order valence-corrected chi connectivity index (χ0v) is 6.20. The van der Waals surface area contributed by atoms with Crippen molar-refractivity contribution >= 4 is 23.5 Å². The average molecular weight is 162 g/mol. The number of hydrogen-bond donors (Lipinski definition) is 1. The molecule has 0 radical (unpaired) electrons. The number of nitrogens with one attached hydrogen (secondary N) is 1. The van der Waals surface area contributed by atoms with Gasteiger partial charge < -0.3 is 4.42 Å². The first-order chi connectivity index (χ1) is 5.79. The zero-order valence-electron chi connectivity index (χ0n) is 6.20. The molecule has 4 heteroatoms. The van der Waals surface area contributed by atoms with Gasteiger partial charge in [-0.25, -0.2) is 4.79 Å². The van der Waals surface area contributed by atoms with Gasteiger partial charge in [-0.05, 0) is 18.9 Å². The third-order valence-corrected chi connectivity index (χ3v) is 1.59. The summed E-state index contributed by atoms with van der Waals surface area (Å²) in [5.74, 6) is -0.453. The van der Waals surface area contributed by atoms with E-state index in [0.717, 1.165) is 0 Å². The minimum atomic E-state index is -0.453. The van der Waals surface area contributed by atoms with Crippen molar-refractivity contribution in [3.05, 3.63) is 28.7 Å². The van der Waals surface area contributed by atoms with Crippen LogP contribution < -0.4 is 5.76 Å².